The van der Waals surface area contributed by atoms with Crippen LogP contribution in [0.5, 0.6) is 11.5 Å². The lowest BCUT2D eigenvalue weighted by atomic mass is 9.90. The summed E-state index contributed by atoms with van der Waals surface area (Å²) >= 11 is 0. The van der Waals surface area contributed by atoms with E-state index in [2.05, 4.69) is 4.18 Å². The summed E-state index contributed by atoms with van der Waals surface area (Å²) in [6, 6.07) is 4.38. The molecular weight excluding hydrogens is 276 g/mol. The Kier molecular flexibility index (Phi) is 3.74. The second kappa shape index (κ2) is 5.16. The van der Waals surface area contributed by atoms with Crippen LogP contribution < -0.4 is 4.74 Å². The maximum absolute atomic E-state index is 11.4. The van der Waals surface area contributed by atoms with Crippen molar-refractivity contribution < 1.29 is 31.8 Å². The topological polar surface area (TPSA) is 110 Å². The number of aromatic hydroxyl groups is 1. The fourth-order valence-corrected chi connectivity index (χ4v) is 2.28. The minimum absolute atomic E-state index is 0.0265. The number of phenols is 1. The highest BCUT2D eigenvalue weighted by Crippen LogP contribution is 2.38. The van der Waals surface area contributed by atoms with Crippen molar-refractivity contribution in [1.82, 2.24) is 0 Å². The average molecular weight is 288 g/mol. The Hall–Kier alpha value is -1.64. The van der Waals surface area contributed by atoms with E-state index in [1.165, 1.54) is 12.1 Å². The van der Waals surface area contributed by atoms with Gasteiger partial charge in [-0.3, -0.25) is 9.35 Å². The Morgan fingerprint density at radius 3 is 2.84 bits per heavy atom. The van der Waals surface area contributed by atoms with Gasteiger partial charge in [-0.1, -0.05) is 6.07 Å². The van der Waals surface area contributed by atoms with Crippen LogP contribution in [-0.4, -0.2) is 30.7 Å². The molecular formula is C11H12O7S. The number of phenolic OH excluding ortho intramolecular Hbond substituents is 1. The fourth-order valence-electron chi connectivity index (χ4n) is 1.98. The Morgan fingerprint density at radius 2 is 2.16 bits per heavy atom. The summed E-state index contributed by atoms with van der Waals surface area (Å²) in [5.74, 6) is -0.511. The number of rotatable bonds is 4. The number of fused-ring (bicyclic) bond motifs is 1. The lowest BCUT2D eigenvalue weighted by Gasteiger charge is -2.24. The Morgan fingerprint density at radius 1 is 1.42 bits per heavy atom. The second-order valence-corrected chi connectivity index (χ2v) is 5.23. The lowest BCUT2D eigenvalue weighted by Crippen LogP contribution is -2.21. The molecule has 0 saturated heterocycles. The maximum atomic E-state index is 11.4. The van der Waals surface area contributed by atoms with Crippen molar-refractivity contribution in [3.8, 4) is 11.5 Å². The van der Waals surface area contributed by atoms with Crippen LogP contribution >= 0.6 is 0 Å². The first kappa shape index (κ1) is 13.8. The Balaban J connectivity index is 2.12. The SMILES string of the molecule is O=C1CC(CCOS(=O)(=O)O)c2ccc(O)cc2O1. The molecule has 0 saturated carbocycles. The van der Waals surface area contributed by atoms with Crippen LogP contribution in [0.1, 0.15) is 24.3 Å². The third-order valence-corrected chi connectivity index (χ3v) is 3.24. The molecule has 1 aliphatic heterocycles. The van der Waals surface area contributed by atoms with Gasteiger partial charge in [0.05, 0.1) is 13.0 Å². The Labute approximate surface area is 109 Å². The minimum Gasteiger partial charge on any atom is -0.508 e. The number of hydrogen-bond donors (Lipinski definition) is 2. The van der Waals surface area contributed by atoms with E-state index < -0.39 is 16.4 Å². The fraction of sp³-hybridized carbons (Fsp3) is 0.364. The zero-order chi connectivity index (χ0) is 14.0. The van der Waals surface area contributed by atoms with Gasteiger partial charge in [0.2, 0.25) is 0 Å². The maximum Gasteiger partial charge on any atom is 0.397 e. The summed E-state index contributed by atoms with van der Waals surface area (Å²) in [5, 5.41) is 9.32. The highest BCUT2D eigenvalue weighted by molar-refractivity contribution is 7.80. The molecule has 0 bridgehead atoms. The molecule has 0 fully saturated rings. The van der Waals surface area contributed by atoms with Crippen LogP contribution in [0.2, 0.25) is 0 Å². The molecule has 1 atom stereocenters. The highest BCUT2D eigenvalue weighted by atomic mass is 32.3. The van der Waals surface area contributed by atoms with Crippen molar-refractivity contribution in [2.24, 2.45) is 0 Å². The standard InChI is InChI=1S/C11H12O7S/c12-8-1-2-9-7(3-4-17-19(14,15)16)5-11(13)18-10(9)6-8/h1-2,6-7,12H,3-5H2,(H,14,15,16). The van der Waals surface area contributed by atoms with Crippen LogP contribution in [0, 0.1) is 0 Å². The van der Waals surface area contributed by atoms with Gasteiger partial charge in [-0.15, -0.1) is 0 Å². The summed E-state index contributed by atoms with van der Waals surface area (Å²) in [7, 11) is -4.48. The minimum atomic E-state index is -4.48. The van der Waals surface area contributed by atoms with Gasteiger partial charge in [-0.25, -0.2) is 4.18 Å². The van der Waals surface area contributed by atoms with Gasteiger partial charge in [0.15, 0.2) is 0 Å². The van der Waals surface area contributed by atoms with Gasteiger partial charge in [-0.2, -0.15) is 8.42 Å². The first-order valence-electron chi connectivity index (χ1n) is 5.50. The van der Waals surface area contributed by atoms with Crippen LogP contribution in [0.4, 0.5) is 0 Å². The normalized spacial score (nSPS) is 18.8. The van der Waals surface area contributed by atoms with Crippen LogP contribution in [0.25, 0.3) is 0 Å². The summed E-state index contributed by atoms with van der Waals surface area (Å²) in [4.78, 5) is 11.4. The molecule has 1 aliphatic rings. The average Bonchev–Trinajstić information content (AvgIpc) is 2.26. The summed E-state index contributed by atoms with van der Waals surface area (Å²) in [5.41, 5.74) is 0.691. The summed E-state index contributed by atoms with van der Waals surface area (Å²) < 4.78 is 38.5. The quantitative estimate of drug-likeness (QED) is 0.483. The molecule has 19 heavy (non-hydrogen) atoms. The van der Waals surface area contributed by atoms with Gasteiger partial charge in [0.25, 0.3) is 0 Å². The van der Waals surface area contributed by atoms with E-state index >= 15 is 0 Å². The largest absolute Gasteiger partial charge is 0.508 e. The molecule has 104 valence electrons. The number of carbonyl (C=O) groups excluding carboxylic acids is 1. The van der Waals surface area contributed by atoms with Crippen molar-refractivity contribution in [2.45, 2.75) is 18.8 Å². The van der Waals surface area contributed by atoms with Gasteiger partial charge >= 0.3 is 16.4 Å². The molecule has 0 aliphatic carbocycles. The van der Waals surface area contributed by atoms with E-state index in [1.807, 2.05) is 0 Å². The van der Waals surface area contributed by atoms with Crippen LogP contribution in [-0.2, 0) is 19.4 Å². The van der Waals surface area contributed by atoms with Crippen molar-refractivity contribution in [3.63, 3.8) is 0 Å². The zero-order valence-corrected chi connectivity index (χ0v) is 10.6. The van der Waals surface area contributed by atoms with Crippen molar-refractivity contribution in [3.05, 3.63) is 23.8 Å². The smallest absolute Gasteiger partial charge is 0.397 e. The van der Waals surface area contributed by atoms with Crippen LogP contribution in [0.3, 0.4) is 0 Å². The number of benzene rings is 1. The third kappa shape index (κ3) is 3.66. The molecule has 1 aromatic rings. The van der Waals surface area contributed by atoms with E-state index in [1.54, 1.807) is 6.07 Å². The summed E-state index contributed by atoms with van der Waals surface area (Å²) in [6.45, 7) is -0.239. The summed E-state index contributed by atoms with van der Waals surface area (Å²) in [6.07, 6.45) is 0.319. The van der Waals surface area contributed by atoms with E-state index in [0.717, 1.165) is 0 Å². The molecule has 7 nitrogen and oxygen atoms in total. The molecule has 1 unspecified atom stereocenters. The molecule has 8 heteroatoms. The molecule has 1 aromatic carbocycles. The highest BCUT2D eigenvalue weighted by Gasteiger charge is 2.27. The predicted octanol–water partition coefficient (Wildman–Crippen LogP) is 0.994. The molecule has 0 aromatic heterocycles. The molecule has 1 heterocycles. The van der Waals surface area contributed by atoms with Gasteiger partial charge in [-0.05, 0) is 18.1 Å². The zero-order valence-electron chi connectivity index (χ0n) is 9.77. The van der Waals surface area contributed by atoms with Gasteiger partial charge in [0, 0.05) is 12.0 Å². The van der Waals surface area contributed by atoms with E-state index in [9.17, 15) is 18.3 Å². The predicted molar refractivity (Wildman–Crippen MR) is 63.2 cm³/mol. The number of hydrogen-bond acceptors (Lipinski definition) is 6. The number of esters is 1. The molecule has 2 N–H and O–H groups in total. The van der Waals surface area contributed by atoms with Crippen molar-refractivity contribution in [1.29, 1.82) is 0 Å². The van der Waals surface area contributed by atoms with Crippen molar-refractivity contribution in [2.75, 3.05) is 6.61 Å². The first-order valence-corrected chi connectivity index (χ1v) is 6.87. The molecule has 0 radical (unpaired) electrons. The van der Waals surface area contributed by atoms with E-state index in [0.29, 0.717) is 5.56 Å². The first-order chi connectivity index (χ1) is 8.85. The monoisotopic (exact) mass is 288 g/mol. The lowest BCUT2D eigenvalue weighted by molar-refractivity contribution is -0.136. The van der Waals surface area contributed by atoms with Gasteiger partial charge in [0.1, 0.15) is 11.5 Å². The third-order valence-electron chi connectivity index (χ3n) is 2.77. The second-order valence-electron chi connectivity index (χ2n) is 4.14. The molecule has 0 amide bonds. The van der Waals surface area contributed by atoms with Crippen molar-refractivity contribution >= 4 is 16.4 Å². The van der Waals surface area contributed by atoms with Gasteiger partial charge < -0.3 is 9.84 Å². The van der Waals surface area contributed by atoms with E-state index in [-0.39, 0.29) is 36.9 Å². The van der Waals surface area contributed by atoms with E-state index in [4.69, 9.17) is 9.29 Å². The number of carbonyl (C=O) groups is 1. The number of ether oxygens (including phenoxy) is 1. The molecule has 2 rings (SSSR count). The molecule has 0 spiro atoms. The Bertz CT molecular complexity index is 593. The van der Waals surface area contributed by atoms with Crippen LogP contribution in [0.15, 0.2) is 18.2 Å².